The van der Waals surface area contributed by atoms with Crippen LogP contribution in [-0.4, -0.2) is 12.6 Å². The second-order valence-electron chi connectivity index (χ2n) is 4.54. The van der Waals surface area contributed by atoms with Gasteiger partial charge in [0.2, 0.25) is 0 Å². The Hall–Kier alpha value is -3.09. The number of para-hydroxylation sites is 1. The van der Waals surface area contributed by atoms with Crippen LogP contribution in [0.1, 0.15) is 5.56 Å². The average Bonchev–Trinajstić information content (AvgIpc) is 2.60. The smallest absolute Gasteiger partial charge is 0.349 e. The van der Waals surface area contributed by atoms with Gasteiger partial charge in [0, 0.05) is 0 Å². The summed E-state index contributed by atoms with van der Waals surface area (Å²) in [5, 5.41) is 17.4. The Morgan fingerprint density at radius 1 is 1.08 bits per heavy atom. The van der Waals surface area contributed by atoms with Gasteiger partial charge in [-0.2, -0.15) is 10.5 Å². The van der Waals surface area contributed by atoms with Crippen LogP contribution in [0.15, 0.2) is 58.6 Å². The fourth-order valence-electron chi connectivity index (χ4n) is 1.75. The van der Waals surface area contributed by atoms with E-state index in [4.69, 9.17) is 20.0 Å². The maximum atomic E-state index is 11.8. The number of hydrogen-bond donors (Lipinski definition) is 0. The molecule has 118 valence electrons. The highest BCUT2D eigenvalue weighted by atomic mass is 79.9. The molecule has 0 aliphatic rings. The van der Waals surface area contributed by atoms with Crippen molar-refractivity contribution in [1.29, 1.82) is 10.5 Å². The van der Waals surface area contributed by atoms with Gasteiger partial charge in [0.15, 0.2) is 6.61 Å². The summed E-state index contributed by atoms with van der Waals surface area (Å²) in [6.45, 7) is -0.225. The van der Waals surface area contributed by atoms with Crippen molar-refractivity contribution in [2.75, 3.05) is 6.61 Å². The number of carbonyl (C=O) groups is 1. The molecule has 0 radical (unpaired) electrons. The summed E-state index contributed by atoms with van der Waals surface area (Å²) >= 11 is 3.32. The maximum Gasteiger partial charge on any atom is 0.349 e. The van der Waals surface area contributed by atoms with E-state index in [0.717, 1.165) is 4.47 Å². The van der Waals surface area contributed by atoms with E-state index in [1.165, 1.54) is 6.08 Å². The van der Waals surface area contributed by atoms with Gasteiger partial charge in [-0.25, -0.2) is 4.79 Å². The van der Waals surface area contributed by atoms with Crippen molar-refractivity contribution in [3.8, 4) is 23.6 Å². The predicted octanol–water partition coefficient (Wildman–Crippen LogP) is 3.86. The molecule has 2 rings (SSSR count). The lowest BCUT2D eigenvalue weighted by atomic mass is 10.1. The van der Waals surface area contributed by atoms with Gasteiger partial charge in [-0.05, 0) is 51.8 Å². The van der Waals surface area contributed by atoms with Gasteiger partial charge in [-0.3, -0.25) is 0 Å². The highest BCUT2D eigenvalue weighted by Crippen LogP contribution is 2.23. The average molecular weight is 383 g/mol. The summed E-state index contributed by atoms with van der Waals surface area (Å²) in [5.41, 5.74) is 0.666. The number of hydrogen-bond acceptors (Lipinski definition) is 5. The fraction of sp³-hybridized carbons (Fsp3) is 0.0556. The molecule has 0 fully saturated rings. The van der Waals surface area contributed by atoms with E-state index in [2.05, 4.69) is 15.9 Å². The molecule has 5 nitrogen and oxygen atoms in total. The zero-order valence-electron chi connectivity index (χ0n) is 12.4. The number of esters is 1. The van der Waals surface area contributed by atoms with Crippen molar-refractivity contribution in [2.45, 2.75) is 0 Å². The lowest BCUT2D eigenvalue weighted by molar-refractivity contribution is -0.136. The number of ether oxygens (including phenoxy) is 2. The second kappa shape index (κ2) is 8.52. The van der Waals surface area contributed by atoms with Crippen LogP contribution in [0.25, 0.3) is 6.08 Å². The fourth-order valence-corrected chi connectivity index (χ4v) is 2.15. The molecule has 0 aliphatic carbocycles. The van der Waals surface area contributed by atoms with Gasteiger partial charge in [-0.1, -0.05) is 24.3 Å². The van der Waals surface area contributed by atoms with Crippen molar-refractivity contribution in [1.82, 2.24) is 0 Å². The summed E-state index contributed by atoms with van der Waals surface area (Å²) < 4.78 is 11.3. The standard InChI is InChI=1S/C18H11BrN2O3/c19-16-3-1-2-4-17(16)23-12-18(22)24-15-7-5-13(6-8-15)9-14(10-20)11-21/h1-9H,12H2. The van der Waals surface area contributed by atoms with Crippen LogP contribution >= 0.6 is 15.9 Å². The number of allylic oxidation sites excluding steroid dienone is 1. The van der Waals surface area contributed by atoms with E-state index in [1.54, 1.807) is 48.5 Å². The molecule has 0 bridgehead atoms. The van der Waals surface area contributed by atoms with Crippen molar-refractivity contribution < 1.29 is 14.3 Å². The van der Waals surface area contributed by atoms with Crippen LogP contribution in [0.2, 0.25) is 0 Å². The molecule has 6 heteroatoms. The van der Waals surface area contributed by atoms with Crippen LogP contribution in [-0.2, 0) is 4.79 Å². The molecule has 0 aromatic heterocycles. The van der Waals surface area contributed by atoms with Gasteiger partial charge < -0.3 is 9.47 Å². The molecule has 0 amide bonds. The summed E-state index contributed by atoms with van der Waals surface area (Å²) in [6.07, 6.45) is 1.45. The predicted molar refractivity (Wildman–Crippen MR) is 90.9 cm³/mol. The molecule has 0 spiro atoms. The van der Waals surface area contributed by atoms with Crippen LogP contribution < -0.4 is 9.47 Å². The number of halogens is 1. The second-order valence-corrected chi connectivity index (χ2v) is 5.40. The third-order valence-corrected chi connectivity index (χ3v) is 3.50. The van der Waals surface area contributed by atoms with E-state index >= 15 is 0 Å². The Balaban J connectivity index is 1.93. The minimum atomic E-state index is -0.538. The van der Waals surface area contributed by atoms with Crippen molar-refractivity contribution in [3.63, 3.8) is 0 Å². The highest BCUT2D eigenvalue weighted by Gasteiger charge is 2.08. The lowest BCUT2D eigenvalue weighted by Gasteiger charge is -2.08. The number of benzene rings is 2. The Kier molecular flexibility index (Phi) is 6.13. The Morgan fingerprint density at radius 2 is 1.75 bits per heavy atom. The molecule has 2 aromatic carbocycles. The quantitative estimate of drug-likeness (QED) is 0.445. The van der Waals surface area contributed by atoms with Crippen LogP contribution in [0.3, 0.4) is 0 Å². The third kappa shape index (κ3) is 4.98. The number of carbonyl (C=O) groups excluding carboxylic acids is 1. The normalized spacial score (nSPS) is 9.29. The minimum Gasteiger partial charge on any atom is -0.481 e. The van der Waals surface area contributed by atoms with E-state index in [1.807, 2.05) is 12.1 Å². The zero-order chi connectivity index (χ0) is 17.4. The molecule has 2 aromatic rings. The highest BCUT2D eigenvalue weighted by molar-refractivity contribution is 9.10. The van der Waals surface area contributed by atoms with Crippen molar-refractivity contribution in [2.24, 2.45) is 0 Å². The summed E-state index contributed by atoms with van der Waals surface area (Å²) in [4.78, 5) is 11.8. The van der Waals surface area contributed by atoms with Crippen molar-refractivity contribution in [3.05, 3.63) is 64.1 Å². The maximum absolute atomic E-state index is 11.8. The monoisotopic (exact) mass is 382 g/mol. The molecule has 0 heterocycles. The summed E-state index contributed by atoms with van der Waals surface area (Å²) in [6, 6.07) is 17.2. The molecular weight excluding hydrogens is 372 g/mol. The molecule has 0 unspecified atom stereocenters. The number of nitriles is 2. The first-order chi connectivity index (χ1) is 11.6. The van der Waals surface area contributed by atoms with Gasteiger partial charge in [-0.15, -0.1) is 0 Å². The van der Waals surface area contributed by atoms with E-state index < -0.39 is 5.97 Å². The van der Waals surface area contributed by atoms with Crippen LogP contribution in [0.5, 0.6) is 11.5 Å². The van der Waals surface area contributed by atoms with Gasteiger partial charge in [0.1, 0.15) is 29.2 Å². The van der Waals surface area contributed by atoms with E-state index in [9.17, 15) is 4.79 Å². The van der Waals surface area contributed by atoms with Gasteiger partial charge in [0.25, 0.3) is 0 Å². The van der Waals surface area contributed by atoms with Gasteiger partial charge >= 0.3 is 5.97 Å². The first-order valence-electron chi connectivity index (χ1n) is 6.82. The SMILES string of the molecule is N#CC(C#N)=Cc1ccc(OC(=O)COc2ccccc2Br)cc1. The Morgan fingerprint density at radius 3 is 2.38 bits per heavy atom. The summed E-state index contributed by atoms with van der Waals surface area (Å²) in [5.74, 6) is 0.364. The molecule has 24 heavy (non-hydrogen) atoms. The Bertz CT molecular complexity index is 830. The molecule has 0 saturated heterocycles. The summed E-state index contributed by atoms with van der Waals surface area (Å²) in [7, 11) is 0. The number of rotatable bonds is 5. The molecule has 0 aliphatic heterocycles. The lowest BCUT2D eigenvalue weighted by Crippen LogP contribution is -2.17. The largest absolute Gasteiger partial charge is 0.481 e. The number of nitrogens with zero attached hydrogens (tertiary/aromatic N) is 2. The van der Waals surface area contributed by atoms with Crippen LogP contribution in [0, 0.1) is 22.7 Å². The molecule has 0 atom stereocenters. The topological polar surface area (TPSA) is 83.1 Å². The first-order valence-corrected chi connectivity index (χ1v) is 7.61. The minimum absolute atomic E-state index is 0.00147. The zero-order valence-corrected chi connectivity index (χ0v) is 14.0. The Labute approximate surface area is 147 Å². The van der Waals surface area contributed by atoms with E-state index in [0.29, 0.717) is 17.1 Å². The molecule has 0 saturated carbocycles. The van der Waals surface area contributed by atoms with E-state index in [-0.39, 0.29) is 12.2 Å². The van der Waals surface area contributed by atoms with Crippen molar-refractivity contribution >= 4 is 28.0 Å². The first kappa shape index (κ1) is 17.3. The molecule has 0 N–H and O–H groups in total. The molecular formula is C18H11BrN2O3. The third-order valence-electron chi connectivity index (χ3n) is 2.85. The van der Waals surface area contributed by atoms with Crippen LogP contribution in [0.4, 0.5) is 0 Å². The van der Waals surface area contributed by atoms with Gasteiger partial charge in [0.05, 0.1) is 4.47 Å².